The number of rotatable bonds is 8. The van der Waals surface area contributed by atoms with E-state index in [-0.39, 0.29) is 0 Å². The van der Waals surface area contributed by atoms with Crippen molar-refractivity contribution in [1.82, 2.24) is 4.90 Å². The van der Waals surface area contributed by atoms with E-state index in [2.05, 4.69) is 49.9 Å². The van der Waals surface area contributed by atoms with Gasteiger partial charge >= 0.3 is 0 Å². The van der Waals surface area contributed by atoms with E-state index in [0.717, 1.165) is 30.0 Å². The smallest absolute Gasteiger partial charge is 0.196 e. The fraction of sp³-hybridized carbons (Fsp3) is 0.593. The van der Waals surface area contributed by atoms with Crippen LogP contribution < -0.4 is 0 Å². The Hall–Kier alpha value is -1.17. The van der Waals surface area contributed by atoms with Gasteiger partial charge in [0.05, 0.1) is 0 Å². The second-order valence-electron chi connectivity index (χ2n) is 8.63. The van der Waals surface area contributed by atoms with Gasteiger partial charge < -0.3 is 4.90 Å². The standard InChI is InChI=1S/C18H23NO2S2.C7H16.C2H6/c1-23(20,21)22-14-9-18(10-15-22)17-6-4-16(5-7-17)8-13-19-11-2-3-12-19;1-4-5-6-7(2)3;1-2/h4-7,9-10,14-15H,2-3,8,11-13H2,1H3;7H,4-6H2,1-3H3;1-2H3. The van der Waals surface area contributed by atoms with Gasteiger partial charge in [0.15, 0.2) is 8.87 Å². The van der Waals surface area contributed by atoms with Gasteiger partial charge in [0.1, 0.15) is 0 Å². The molecule has 1 saturated heterocycles. The van der Waals surface area contributed by atoms with Crippen molar-refractivity contribution in [2.45, 2.75) is 73.1 Å². The molecule has 182 valence electrons. The van der Waals surface area contributed by atoms with Crippen molar-refractivity contribution in [3.63, 3.8) is 0 Å². The number of benzene rings is 1. The van der Waals surface area contributed by atoms with Crippen LogP contribution in [0.4, 0.5) is 0 Å². The average Bonchev–Trinajstić information content (AvgIpc) is 3.32. The van der Waals surface area contributed by atoms with Gasteiger partial charge in [0, 0.05) is 12.8 Å². The van der Waals surface area contributed by atoms with Crippen LogP contribution in [0.2, 0.25) is 0 Å². The average molecular weight is 480 g/mol. The molecule has 0 N–H and O–H groups in total. The summed E-state index contributed by atoms with van der Waals surface area (Å²) in [4.78, 5) is 2.53. The first-order valence-corrected chi connectivity index (χ1v) is 16.0. The summed E-state index contributed by atoms with van der Waals surface area (Å²) in [6, 6.07) is 8.64. The summed E-state index contributed by atoms with van der Waals surface area (Å²) >= 11 is 0. The third-order valence-corrected chi connectivity index (χ3v) is 9.72. The van der Waals surface area contributed by atoms with Crippen molar-refractivity contribution in [2.24, 2.45) is 5.92 Å². The van der Waals surface area contributed by atoms with Crippen molar-refractivity contribution in [3.8, 4) is 0 Å². The lowest BCUT2D eigenvalue weighted by Crippen LogP contribution is -2.21. The van der Waals surface area contributed by atoms with E-state index >= 15 is 0 Å². The van der Waals surface area contributed by atoms with Crippen LogP contribution in [0.15, 0.2) is 41.8 Å². The van der Waals surface area contributed by atoms with Gasteiger partial charge in [0.2, 0.25) is 0 Å². The number of hydrogen-bond donors (Lipinski definition) is 0. The van der Waals surface area contributed by atoms with Crippen molar-refractivity contribution in [1.29, 1.82) is 0 Å². The summed E-state index contributed by atoms with van der Waals surface area (Å²) in [6.45, 7) is 14.4. The molecule has 32 heavy (non-hydrogen) atoms. The van der Waals surface area contributed by atoms with Crippen molar-refractivity contribution in [2.75, 3.05) is 25.9 Å². The Morgan fingerprint density at radius 2 is 1.69 bits per heavy atom. The molecule has 1 atom stereocenters. The number of hydrogen-bond acceptors (Lipinski definition) is 3. The molecule has 5 heteroatoms. The lowest BCUT2D eigenvalue weighted by atomic mass is 10.0. The molecule has 0 saturated carbocycles. The highest BCUT2D eigenvalue weighted by molar-refractivity contribution is 8.80. The molecule has 0 aromatic heterocycles. The van der Waals surface area contributed by atoms with Crippen LogP contribution in [0.1, 0.15) is 77.8 Å². The Morgan fingerprint density at radius 1 is 1.06 bits per heavy atom. The van der Waals surface area contributed by atoms with Crippen LogP contribution in [0.3, 0.4) is 0 Å². The minimum absolute atomic E-state index is 0.781. The fourth-order valence-corrected chi connectivity index (χ4v) is 6.15. The van der Waals surface area contributed by atoms with E-state index in [4.69, 9.17) is 0 Å². The molecule has 0 radical (unpaired) electrons. The predicted molar refractivity (Wildman–Crippen MR) is 147 cm³/mol. The molecule has 1 aromatic rings. The highest BCUT2D eigenvalue weighted by atomic mass is 33.2. The van der Waals surface area contributed by atoms with Crippen LogP contribution >= 0.6 is 9.52 Å². The number of nitrogens with zero attached hydrogens (tertiary/aromatic N) is 1. The van der Waals surface area contributed by atoms with Gasteiger partial charge in [0.25, 0.3) is 0 Å². The minimum atomic E-state index is -3.02. The maximum atomic E-state index is 11.6. The predicted octanol–water partition coefficient (Wildman–Crippen LogP) is 7.13. The summed E-state index contributed by atoms with van der Waals surface area (Å²) in [5.41, 5.74) is 3.57. The Labute approximate surface area is 200 Å². The monoisotopic (exact) mass is 479 g/mol. The SMILES string of the molecule is CC.CCCCC(C)C.CS(=O)(=O)S1=CC=C(c2ccc(CCN3CCCC3)cc2)C=C1. The van der Waals surface area contributed by atoms with Crippen LogP contribution in [0.25, 0.3) is 5.57 Å². The third kappa shape index (κ3) is 11.1. The number of likely N-dealkylation sites (tertiary alicyclic amines) is 1. The molecular formula is C27H45NO2S2. The van der Waals surface area contributed by atoms with Crippen LogP contribution in [0.5, 0.6) is 0 Å². The molecule has 0 bridgehead atoms. The maximum absolute atomic E-state index is 11.6. The first-order chi connectivity index (χ1) is 15.3. The van der Waals surface area contributed by atoms with Gasteiger partial charge in [-0.3, -0.25) is 0 Å². The maximum Gasteiger partial charge on any atom is 0.196 e. The summed E-state index contributed by atoms with van der Waals surface area (Å²) < 4.78 is 23.1. The van der Waals surface area contributed by atoms with Crippen molar-refractivity contribution in [3.05, 3.63) is 53.0 Å². The van der Waals surface area contributed by atoms with Crippen LogP contribution in [-0.2, 0) is 15.3 Å². The molecule has 0 aliphatic carbocycles. The second kappa shape index (κ2) is 15.6. The van der Waals surface area contributed by atoms with E-state index in [1.807, 2.05) is 26.0 Å². The van der Waals surface area contributed by atoms with E-state index < -0.39 is 18.4 Å². The highest BCUT2D eigenvalue weighted by Gasteiger charge is 2.11. The normalized spacial score (nSPS) is 18.2. The number of unbranched alkanes of at least 4 members (excludes halogenated alkanes) is 1. The third-order valence-electron chi connectivity index (χ3n) is 5.45. The largest absolute Gasteiger partial charge is 0.303 e. The van der Waals surface area contributed by atoms with Gasteiger partial charge in [-0.05, 0) is 87.4 Å². The first kappa shape index (κ1) is 28.9. The van der Waals surface area contributed by atoms with Gasteiger partial charge in [-0.2, -0.15) is 0 Å². The summed E-state index contributed by atoms with van der Waals surface area (Å²) in [5, 5.41) is 3.57. The molecule has 0 spiro atoms. The lowest BCUT2D eigenvalue weighted by molar-refractivity contribution is 0.343. The van der Waals surface area contributed by atoms with E-state index in [0.29, 0.717) is 0 Å². The Morgan fingerprint density at radius 3 is 2.12 bits per heavy atom. The van der Waals surface area contributed by atoms with E-state index in [1.165, 1.54) is 57.0 Å². The van der Waals surface area contributed by atoms with Crippen LogP contribution in [0, 0.1) is 5.92 Å². The molecular weight excluding hydrogens is 434 g/mol. The lowest BCUT2D eigenvalue weighted by Gasteiger charge is -2.14. The second-order valence-corrected chi connectivity index (χ2v) is 14.2. The van der Waals surface area contributed by atoms with Gasteiger partial charge in [-0.15, -0.1) is 0 Å². The van der Waals surface area contributed by atoms with Crippen molar-refractivity contribution >= 4 is 29.3 Å². The van der Waals surface area contributed by atoms with Gasteiger partial charge in [-0.1, -0.05) is 78.1 Å². The van der Waals surface area contributed by atoms with Crippen LogP contribution in [-0.4, -0.2) is 44.6 Å². The highest BCUT2D eigenvalue weighted by Crippen LogP contribution is 2.29. The Kier molecular flexibility index (Phi) is 14.1. The Balaban J connectivity index is 0.000000488. The van der Waals surface area contributed by atoms with E-state index in [1.54, 1.807) is 10.8 Å². The first-order valence-electron chi connectivity index (χ1n) is 12.3. The van der Waals surface area contributed by atoms with E-state index in [9.17, 15) is 8.42 Å². The fourth-order valence-electron chi connectivity index (χ4n) is 3.55. The van der Waals surface area contributed by atoms with Gasteiger partial charge in [-0.25, -0.2) is 8.42 Å². The minimum Gasteiger partial charge on any atom is -0.303 e. The zero-order valence-corrected chi connectivity index (χ0v) is 22.8. The molecule has 3 rings (SSSR count). The zero-order valence-electron chi connectivity index (χ0n) is 21.1. The quantitative estimate of drug-likeness (QED) is 0.294. The topological polar surface area (TPSA) is 37.4 Å². The summed E-state index contributed by atoms with van der Waals surface area (Å²) in [7, 11) is -3.80. The van der Waals surface area contributed by atoms with Crippen molar-refractivity contribution < 1.29 is 8.42 Å². The molecule has 2 heterocycles. The summed E-state index contributed by atoms with van der Waals surface area (Å²) in [5.74, 6) is 0.903. The molecule has 1 unspecified atom stereocenters. The molecule has 3 nitrogen and oxygen atoms in total. The summed E-state index contributed by atoms with van der Waals surface area (Å²) in [6.07, 6.45) is 13.0. The molecule has 2 aliphatic rings. The molecule has 1 aromatic carbocycles. The molecule has 0 amide bonds. The Bertz CT molecular complexity index is 844. The zero-order chi connectivity index (χ0) is 24.0. The molecule has 1 fully saturated rings. The molecule has 2 aliphatic heterocycles. The number of allylic oxidation sites excluding steroid dienone is 3.